The fourth-order valence-corrected chi connectivity index (χ4v) is 5.69. The van der Waals surface area contributed by atoms with Gasteiger partial charge in [-0.15, -0.1) is 0 Å². The minimum atomic E-state index is 0.321. The van der Waals surface area contributed by atoms with Gasteiger partial charge in [0.05, 0.1) is 10.7 Å². The highest BCUT2D eigenvalue weighted by Gasteiger charge is 2.41. The minimum Gasteiger partial charge on any atom is -0.354 e. The first-order valence-electron chi connectivity index (χ1n) is 11.2. The number of aryl methyl sites for hydroxylation is 1. The second-order valence-corrected chi connectivity index (χ2v) is 10.2. The summed E-state index contributed by atoms with van der Waals surface area (Å²) in [5, 5.41) is 0.643. The van der Waals surface area contributed by atoms with Gasteiger partial charge in [-0.05, 0) is 74.7 Å². The number of aromatic nitrogens is 3. The lowest BCUT2D eigenvalue weighted by atomic mass is 9.69. The van der Waals surface area contributed by atoms with Gasteiger partial charge in [-0.3, -0.25) is 4.79 Å². The molecule has 154 valence electrons. The number of halogens is 1. The summed E-state index contributed by atoms with van der Waals surface area (Å²) in [6, 6.07) is 2.15. The van der Waals surface area contributed by atoms with Crippen molar-refractivity contribution >= 4 is 17.4 Å². The zero-order valence-electron chi connectivity index (χ0n) is 17.3. The van der Waals surface area contributed by atoms with Gasteiger partial charge in [-0.2, -0.15) is 0 Å². The topological polar surface area (TPSA) is 47.8 Å². The molecule has 2 heterocycles. The Morgan fingerprint density at radius 2 is 1.90 bits per heavy atom. The highest BCUT2D eigenvalue weighted by Crippen LogP contribution is 2.49. The fourth-order valence-electron chi connectivity index (χ4n) is 5.50. The first kappa shape index (κ1) is 19.3. The molecule has 0 aromatic carbocycles. The van der Waals surface area contributed by atoms with Crippen molar-refractivity contribution in [3.8, 4) is 11.3 Å². The van der Waals surface area contributed by atoms with Crippen LogP contribution in [0.15, 0.2) is 18.5 Å². The molecule has 0 saturated heterocycles. The van der Waals surface area contributed by atoms with Crippen LogP contribution in [0.5, 0.6) is 0 Å². The summed E-state index contributed by atoms with van der Waals surface area (Å²) in [6.07, 6.45) is 16.1. The van der Waals surface area contributed by atoms with Gasteiger partial charge < -0.3 is 4.57 Å². The first-order valence-corrected chi connectivity index (χ1v) is 11.6. The summed E-state index contributed by atoms with van der Waals surface area (Å²) in [4.78, 5) is 21.3. The van der Waals surface area contributed by atoms with E-state index in [2.05, 4.69) is 28.9 Å². The van der Waals surface area contributed by atoms with Crippen LogP contribution < -0.4 is 0 Å². The number of Topliss-reactive ketones (excluding diaryl/α,β-unsaturated/α-hetero) is 1. The highest BCUT2D eigenvalue weighted by molar-refractivity contribution is 6.32. The molecule has 0 N–H and O–H groups in total. The normalized spacial score (nSPS) is 27.1. The van der Waals surface area contributed by atoms with Crippen LogP contribution in [0, 0.1) is 17.3 Å². The van der Waals surface area contributed by atoms with E-state index in [4.69, 9.17) is 16.6 Å². The molecule has 0 bridgehead atoms. The Bertz CT molecular complexity index is 922. The van der Waals surface area contributed by atoms with Gasteiger partial charge in [0.15, 0.2) is 0 Å². The third-order valence-corrected chi connectivity index (χ3v) is 7.85. The monoisotopic (exact) mass is 411 g/mol. The van der Waals surface area contributed by atoms with E-state index >= 15 is 0 Å². The van der Waals surface area contributed by atoms with Gasteiger partial charge in [0.1, 0.15) is 11.6 Å². The maximum absolute atomic E-state index is 11.8. The summed E-state index contributed by atoms with van der Waals surface area (Å²) < 4.78 is 2.22. The molecular formula is C24H30ClN3O. The van der Waals surface area contributed by atoms with Gasteiger partial charge in [0.25, 0.3) is 0 Å². The molecule has 0 radical (unpaired) electrons. The number of hydrogen-bond acceptors (Lipinski definition) is 3. The van der Waals surface area contributed by atoms with Crippen molar-refractivity contribution in [2.75, 3.05) is 0 Å². The lowest BCUT2D eigenvalue weighted by molar-refractivity contribution is -0.118. The van der Waals surface area contributed by atoms with Crippen LogP contribution >= 0.6 is 11.6 Å². The lowest BCUT2D eigenvalue weighted by Crippen LogP contribution is -2.26. The number of nitrogens with zero attached hydrogens (tertiary/aromatic N) is 3. The van der Waals surface area contributed by atoms with Gasteiger partial charge in [0, 0.05) is 50.0 Å². The summed E-state index contributed by atoms with van der Waals surface area (Å²) in [5.74, 6) is 2.82. The molecule has 0 atom stereocenters. The second kappa shape index (κ2) is 7.54. The van der Waals surface area contributed by atoms with E-state index in [1.54, 1.807) is 6.20 Å². The summed E-state index contributed by atoms with van der Waals surface area (Å²) in [5.41, 5.74) is 3.72. The molecule has 5 rings (SSSR count). The third-order valence-electron chi connectivity index (χ3n) is 7.57. The molecule has 3 fully saturated rings. The summed E-state index contributed by atoms with van der Waals surface area (Å²) in [6.45, 7) is 0. The number of carbonyl (C=O) groups is 1. The molecule has 2 aromatic rings. The van der Waals surface area contributed by atoms with E-state index < -0.39 is 0 Å². The molecule has 0 amide bonds. The standard InChI is InChI=1S/C24H30ClN3O/c1-28-11-7-19(21(28)12-16-2-3-16)23-20(25)15-26-22(27-23)13-17-4-8-24(9-5-17)10-6-18(29)14-24/h7,11,15-17H,2-6,8-10,12-14H2,1H3. The van der Waals surface area contributed by atoms with E-state index in [-0.39, 0.29) is 0 Å². The SMILES string of the molecule is Cn1ccc(-c2nc(CC3CCC4(CCC(=O)C4)CC3)ncc2Cl)c1CC1CC1. The van der Waals surface area contributed by atoms with E-state index in [0.717, 1.165) is 49.5 Å². The van der Waals surface area contributed by atoms with Crippen LogP contribution in [-0.2, 0) is 24.7 Å². The zero-order valence-corrected chi connectivity index (χ0v) is 18.0. The molecule has 0 aliphatic heterocycles. The average molecular weight is 412 g/mol. The van der Waals surface area contributed by atoms with Crippen molar-refractivity contribution in [3.05, 3.63) is 35.0 Å². The van der Waals surface area contributed by atoms with Crippen LogP contribution in [0.3, 0.4) is 0 Å². The smallest absolute Gasteiger partial charge is 0.133 e. The van der Waals surface area contributed by atoms with Crippen LogP contribution in [0.2, 0.25) is 5.02 Å². The second-order valence-electron chi connectivity index (χ2n) is 9.78. The van der Waals surface area contributed by atoms with Crippen molar-refractivity contribution in [3.63, 3.8) is 0 Å². The zero-order chi connectivity index (χ0) is 20.0. The number of hydrogen-bond donors (Lipinski definition) is 0. The number of carbonyl (C=O) groups excluding carboxylic acids is 1. The van der Waals surface area contributed by atoms with Gasteiger partial charge in [0.2, 0.25) is 0 Å². The van der Waals surface area contributed by atoms with E-state index in [1.165, 1.54) is 49.8 Å². The third kappa shape index (κ3) is 4.01. The van der Waals surface area contributed by atoms with Gasteiger partial charge >= 0.3 is 0 Å². The maximum Gasteiger partial charge on any atom is 0.133 e. The molecule has 3 aliphatic rings. The van der Waals surface area contributed by atoms with Crippen molar-refractivity contribution in [1.82, 2.24) is 14.5 Å². The fraction of sp³-hybridized carbons (Fsp3) is 0.625. The Hall–Kier alpha value is -1.68. The van der Waals surface area contributed by atoms with Crippen LogP contribution in [0.1, 0.15) is 69.3 Å². The Morgan fingerprint density at radius 1 is 1.14 bits per heavy atom. The van der Waals surface area contributed by atoms with Crippen LogP contribution in [0.4, 0.5) is 0 Å². The molecule has 3 saturated carbocycles. The Balaban J connectivity index is 1.31. The van der Waals surface area contributed by atoms with Crippen molar-refractivity contribution in [2.45, 2.75) is 70.6 Å². The number of ketones is 1. The molecule has 0 unspecified atom stereocenters. The van der Waals surface area contributed by atoms with Crippen LogP contribution in [-0.4, -0.2) is 20.3 Å². The molecule has 4 nitrogen and oxygen atoms in total. The van der Waals surface area contributed by atoms with Crippen molar-refractivity contribution in [1.29, 1.82) is 0 Å². The molecule has 2 aromatic heterocycles. The van der Waals surface area contributed by atoms with E-state index in [9.17, 15) is 4.79 Å². The largest absolute Gasteiger partial charge is 0.354 e. The summed E-state index contributed by atoms with van der Waals surface area (Å²) in [7, 11) is 2.11. The highest BCUT2D eigenvalue weighted by atomic mass is 35.5. The predicted molar refractivity (Wildman–Crippen MR) is 115 cm³/mol. The average Bonchev–Trinajstić information content (AvgIpc) is 3.36. The van der Waals surface area contributed by atoms with Crippen LogP contribution in [0.25, 0.3) is 11.3 Å². The van der Waals surface area contributed by atoms with Gasteiger partial charge in [-0.1, -0.05) is 11.6 Å². The maximum atomic E-state index is 11.8. The van der Waals surface area contributed by atoms with Crippen molar-refractivity contribution < 1.29 is 4.79 Å². The summed E-state index contributed by atoms with van der Waals surface area (Å²) >= 11 is 6.54. The first-order chi connectivity index (χ1) is 14.0. The predicted octanol–water partition coefficient (Wildman–Crippen LogP) is 5.56. The quantitative estimate of drug-likeness (QED) is 0.647. The number of rotatable bonds is 5. The molecule has 29 heavy (non-hydrogen) atoms. The molecule has 1 spiro atoms. The lowest BCUT2D eigenvalue weighted by Gasteiger charge is -2.36. The molecule has 3 aliphatic carbocycles. The minimum absolute atomic E-state index is 0.321. The van der Waals surface area contributed by atoms with E-state index in [1.807, 2.05) is 0 Å². The van der Waals surface area contributed by atoms with Crippen molar-refractivity contribution in [2.24, 2.45) is 24.3 Å². The molecular weight excluding hydrogens is 382 g/mol. The molecule has 5 heteroatoms. The Labute approximate surface area is 178 Å². The van der Waals surface area contributed by atoms with E-state index in [0.29, 0.717) is 22.1 Å². The Morgan fingerprint density at radius 3 is 2.59 bits per heavy atom. The Kier molecular flexibility index (Phi) is 5.01. The van der Waals surface area contributed by atoms with Gasteiger partial charge in [-0.25, -0.2) is 9.97 Å².